The highest BCUT2D eigenvalue weighted by Crippen LogP contribution is 2.28. The number of ether oxygens (including phenoxy) is 1. The molecule has 6 heteroatoms. The average molecular weight is 349 g/mol. The van der Waals surface area contributed by atoms with Crippen molar-refractivity contribution < 1.29 is 9.15 Å². The summed E-state index contributed by atoms with van der Waals surface area (Å²) in [5.74, 6) is 0.718. The highest BCUT2D eigenvalue weighted by Gasteiger charge is 2.09. The van der Waals surface area contributed by atoms with Gasteiger partial charge in [-0.3, -0.25) is 0 Å². The van der Waals surface area contributed by atoms with Crippen molar-refractivity contribution in [1.82, 2.24) is 4.98 Å². The molecule has 0 unspecified atom stereocenters. The Morgan fingerprint density at radius 2 is 1.92 bits per heavy atom. The topological polar surface area (TPSA) is 76.1 Å². The van der Waals surface area contributed by atoms with Crippen LogP contribution in [0.15, 0.2) is 63.8 Å². The first-order valence-corrected chi connectivity index (χ1v) is 7.72. The quantitative estimate of drug-likeness (QED) is 0.492. The predicted molar refractivity (Wildman–Crippen MR) is 94.0 cm³/mol. The van der Waals surface area contributed by atoms with E-state index in [2.05, 4.69) is 11.1 Å². The monoisotopic (exact) mass is 348 g/mol. The van der Waals surface area contributed by atoms with Crippen molar-refractivity contribution in [2.45, 2.75) is 0 Å². The number of nitriles is 1. The van der Waals surface area contributed by atoms with E-state index in [1.807, 2.05) is 0 Å². The van der Waals surface area contributed by atoms with E-state index >= 15 is 0 Å². The standard InChI is InChI=1S/C19H9ClN2O3/c20-13-3-5-16-15(8-13)12(10-21)7-18(22-16)24-14-4-1-11-2-6-19(23)25-17(11)9-14/h1-9H. The summed E-state index contributed by atoms with van der Waals surface area (Å²) in [6.07, 6.45) is 0. The first-order chi connectivity index (χ1) is 12.1. The Labute approximate surface area is 146 Å². The number of halogens is 1. The molecular weight excluding hydrogens is 340 g/mol. The van der Waals surface area contributed by atoms with Crippen LogP contribution in [0.3, 0.4) is 0 Å². The first kappa shape index (κ1) is 15.2. The average Bonchev–Trinajstić information content (AvgIpc) is 2.61. The molecule has 0 saturated carbocycles. The van der Waals surface area contributed by atoms with Gasteiger partial charge in [0.1, 0.15) is 17.4 Å². The molecular formula is C19H9ClN2O3. The highest BCUT2D eigenvalue weighted by molar-refractivity contribution is 6.31. The van der Waals surface area contributed by atoms with Crippen LogP contribution in [-0.2, 0) is 0 Å². The third-order valence-electron chi connectivity index (χ3n) is 3.68. The fourth-order valence-corrected chi connectivity index (χ4v) is 2.72. The summed E-state index contributed by atoms with van der Waals surface area (Å²) in [6.45, 7) is 0. The zero-order chi connectivity index (χ0) is 17.4. The van der Waals surface area contributed by atoms with Gasteiger partial charge >= 0.3 is 5.63 Å². The Morgan fingerprint density at radius 1 is 1.08 bits per heavy atom. The second-order valence-corrected chi connectivity index (χ2v) is 5.77. The van der Waals surface area contributed by atoms with Crippen molar-refractivity contribution in [3.8, 4) is 17.7 Å². The van der Waals surface area contributed by atoms with E-state index in [0.29, 0.717) is 32.8 Å². The van der Waals surface area contributed by atoms with Gasteiger partial charge in [-0.15, -0.1) is 0 Å². The summed E-state index contributed by atoms with van der Waals surface area (Å²) in [6, 6.07) is 16.9. The third-order valence-corrected chi connectivity index (χ3v) is 3.92. The van der Waals surface area contributed by atoms with Crippen LogP contribution in [0.25, 0.3) is 21.9 Å². The number of fused-ring (bicyclic) bond motifs is 2. The van der Waals surface area contributed by atoms with Crippen molar-refractivity contribution in [2.75, 3.05) is 0 Å². The lowest BCUT2D eigenvalue weighted by Gasteiger charge is -2.08. The van der Waals surface area contributed by atoms with Crippen LogP contribution in [0.4, 0.5) is 0 Å². The number of nitrogens with zero attached hydrogens (tertiary/aromatic N) is 2. The minimum Gasteiger partial charge on any atom is -0.439 e. The fraction of sp³-hybridized carbons (Fsp3) is 0. The van der Waals surface area contributed by atoms with E-state index in [-0.39, 0.29) is 5.88 Å². The Hall–Kier alpha value is -3.36. The number of aromatic nitrogens is 1. The van der Waals surface area contributed by atoms with Gasteiger partial charge in [0.2, 0.25) is 5.88 Å². The second kappa shape index (κ2) is 5.93. The Morgan fingerprint density at radius 3 is 2.76 bits per heavy atom. The fourth-order valence-electron chi connectivity index (χ4n) is 2.54. The Balaban J connectivity index is 1.79. The summed E-state index contributed by atoms with van der Waals surface area (Å²) < 4.78 is 10.9. The second-order valence-electron chi connectivity index (χ2n) is 5.34. The summed E-state index contributed by atoms with van der Waals surface area (Å²) in [4.78, 5) is 15.7. The van der Waals surface area contributed by atoms with Gasteiger partial charge in [0.15, 0.2) is 0 Å². The van der Waals surface area contributed by atoms with Crippen molar-refractivity contribution in [3.05, 3.63) is 75.6 Å². The minimum absolute atomic E-state index is 0.268. The van der Waals surface area contributed by atoms with E-state index in [0.717, 1.165) is 5.39 Å². The van der Waals surface area contributed by atoms with Gasteiger partial charge in [0.25, 0.3) is 0 Å². The normalized spacial score (nSPS) is 10.7. The lowest BCUT2D eigenvalue weighted by atomic mass is 10.1. The molecule has 0 aliphatic carbocycles. The molecule has 0 bridgehead atoms. The molecule has 0 spiro atoms. The molecule has 120 valence electrons. The van der Waals surface area contributed by atoms with Gasteiger partial charge in [-0.05, 0) is 36.4 Å². The molecule has 0 fully saturated rings. The zero-order valence-electron chi connectivity index (χ0n) is 12.7. The number of hydrogen-bond acceptors (Lipinski definition) is 5. The molecule has 0 radical (unpaired) electrons. The van der Waals surface area contributed by atoms with Crippen LogP contribution < -0.4 is 10.4 Å². The number of rotatable bonds is 2. The van der Waals surface area contributed by atoms with Crippen molar-refractivity contribution >= 4 is 33.5 Å². The van der Waals surface area contributed by atoms with E-state index in [4.69, 9.17) is 20.8 Å². The summed E-state index contributed by atoms with van der Waals surface area (Å²) in [7, 11) is 0. The summed E-state index contributed by atoms with van der Waals surface area (Å²) in [5, 5.41) is 11.3. The van der Waals surface area contributed by atoms with Gasteiger partial charge in [0.05, 0.1) is 11.1 Å². The Kier molecular flexibility index (Phi) is 3.60. The van der Waals surface area contributed by atoms with Crippen LogP contribution in [0, 0.1) is 11.3 Å². The lowest BCUT2D eigenvalue weighted by Crippen LogP contribution is -1.95. The lowest BCUT2D eigenvalue weighted by molar-refractivity contribution is 0.463. The molecule has 0 aliphatic rings. The van der Waals surface area contributed by atoms with Gasteiger partial charge in [0, 0.05) is 34.0 Å². The molecule has 5 nitrogen and oxygen atoms in total. The van der Waals surface area contributed by atoms with Crippen molar-refractivity contribution in [2.24, 2.45) is 0 Å². The van der Waals surface area contributed by atoms with Crippen molar-refractivity contribution in [3.63, 3.8) is 0 Å². The van der Waals surface area contributed by atoms with E-state index in [1.54, 1.807) is 48.5 Å². The molecule has 2 aromatic carbocycles. The molecule has 2 heterocycles. The molecule has 0 N–H and O–H groups in total. The van der Waals surface area contributed by atoms with Crippen LogP contribution in [0.5, 0.6) is 11.6 Å². The highest BCUT2D eigenvalue weighted by atomic mass is 35.5. The maximum atomic E-state index is 11.3. The van der Waals surface area contributed by atoms with Crippen LogP contribution in [-0.4, -0.2) is 4.98 Å². The Bertz CT molecular complexity index is 1220. The first-order valence-electron chi connectivity index (χ1n) is 7.34. The predicted octanol–water partition coefficient (Wildman–Crippen LogP) is 4.66. The molecule has 2 aromatic heterocycles. The largest absolute Gasteiger partial charge is 0.439 e. The molecule has 0 atom stereocenters. The number of hydrogen-bond donors (Lipinski definition) is 0. The maximum Gasteiger partial charge on any atom is 0.336 e. The molecule has 0 aliphatic heterocycles. The van der Waals surface area contributed by atoms with Crippen molar-refractivity contribution in [1.29, 1.82) is 5.26 Å². The smallest absolute Gasteiger partial charge is 0.336 e. The minimum atomic E-state index is -0.433. The van der Waals surface area contributed by atoms with Gasteiger partial charge in [-0.2, -0.15) is 5.26 Å². The molecule has 25 heavy (non-hydrogen) atoms. The van der Waals surface area contributed by atoms with E-state index < -0.39 is 5.63 Å². The van der Waals surface area contributed by atoms with Crippen LogP contribution in [0.2, 0.25) is 5.02 Å². The number of benzene rings is 2. The van der Waals surface area contributed by atoms with E-state index in [9.17, 15) is 10.1 Å². The SMILES string of the molecule is N#Cc1cc(Oc2ccc3ccc(=O)oc3c2)nc2ccc(Cl)cc12. The summed E-state index contributed by atoms with van der Waals surface area (Å²) >= 11 is 5.98. The number of pyridine rings is 1. The van der Waals surface area contributed by atoms with Crippen LogP contribution in [0.1, 0.15) is 5.56 Å². The summed E-state index contributed by atoms with van der Waals surface area (Å²) in [5.41, 5.74) is 0.996. The van der Waals surface area contributed by atoms with Crippen LogP contribution >= 0.6 is 11.6 Å². The molecule has 0 amide bonds. The third kappa shape index (κ3) is 2.91. The van der Waals surface area contributed by atoms with Gasteiger partial charge in [-0.25, -0.2) is 9.78 Å². The maximum absolute atomic E-state index is 11.3. The molecule has 4 rings (SSSR count). The van der Waals surface area contributed by atoms with Gasteiger partial charge < -0.3 is 9.15 Å². The molecule has 0 saturated heterocycles. The molecule has 4 aromatic rings. The van der Waals surface area contributed by atoms with Gasteiger partial charge in [-0.1, -0.05) is 11.6 Å². The zero-order valence-corrected chi connectivity index (χ0v) is 13.4. The van der Waals surface area contributed by atoms with E-state index in [1.165, 1.54) is 6.07 Å².